The molecule has 1 aliphatic rings. The summed E-state index contributed by atoms with van der Waals surface area (Å²) in [5.74, 6) is 2.59. The molecule has 1 saturated heterocycles. The first-order chi connectivity index (χ1) is 7.64. The summed E-state index contributed by atoms with van der Waals surface area (Å²) in [5.41, 5.74) is 0.513. The lowest BCUT2D eigenvalue weighted by molar-refractivity contribution is 0.131. The van der Waals surface area contributed by atoms with Gasteiger partial charge in [0.1, 0.15) is 0 Å². The highest BCUT2D eigenvalue weighted by molar-refractivity contribution is 7.99. The highest BCUT2D eigenvalue weighted by Gasteiger charge is 2.27. The lowest BCUT2D eigenvalue weighted by Gasteiger charge is -2.35. The molecule has 0 bridgehead atoms. The third-order valence-electron chi connectivity index (χ3n) is 2.86. The van der Waals surface area contributed by atoms with E-state index in [9.17, 15) is 0 Å². The largest absolute Gasteiger partial charge is 0.381 e. The molecule has 96 valence electrons. The fourth-order valence-electron chi connectivity index (χ4n) is 2.12. The van der Waals surface area contributed by atoms with E-state index in [0.29, 0.717) is 11.5 Å². The van der Waals surface area contributed by atoms with Crippen molar-refractivity contribution in [1.29, 1.82) is 0 Å². The Bertz CT molecular complexity index is 185. The second-order valence-corrected chi connectivity index (χ2v) is 6.53. The molecule has 1 aliphatic heterocycles. The van der Waals surface area contributed by atoms with Crippen LogP contribution in [0.3, 0.4) is 0 Å². The maximum atomic E-state index is 5.47. The molecule has 1 N–H and O–H groups in total. The molecule has 1 heterocycles. The highest BCUT2D eigenvalue weighted by Crippen LogP contribution is 2.33. The van der Waals surface area contributed by atoms with Gasteiger partial charge in [0.2, 0.25) is 0 Å². The predicted molar refractivity (Wildman–Crippen MR) is 73.2 cm³/mol. The Morgan fingerprint density at radius 1 is 1.38 bits per heavy atom. The molecule has 0 amide bonds. The van der Waals surface area contributed by atoms with Gasteiger partial charge in [-0.2, -0.15) is 11.8 Å². The van der Waals surface area contributed by atoms with Crippen molar-refractivity contribution in [2.45, 2.75) is 46.1 Å². The second-order valence-electron chi connectivity index (χ2n) is 5.50. The van der Waals surface area contributed by atoms with Crippen molar-refractivity contribution in [3.05, 3.63) is 0 Å². The number of ether oxygens (including phenoxy) is 1. The molecule has 2 nitrogen and oxygen atoms in total. The number of hydrogen-bond acceptors (Lipinski definition) is 3. The predicted octanol–water partition coefficient (Wildman–Crippen LogP) is 2.92. The number of nitrogens with one attached hydrogen (secondary N) is 1. The van der Waals surface area contributed by atoms with Crippen molar-refractivity contribution in [2.24, 2.45) is 5.41 Å². The minimum atomic E-state index is 0.513. The van der Waals surface area contributed by atoms with Crippen LogP contribution in [-0.4, -0.2) is 37.3 Å². The van der Waals surface area contributed by atoms with Crippen molar-refractivity contribution in [3.8, 4) is 0 Å². The third kappa shape index (κ3) is 6.12. The van der Waals surface area contributed by atoms with Crippen LogP contribution in [0.25, 0.3) is 0 Å². The average molecular weight is 245 g/mol. The van der Waals surface area contributed by atoms with Crippen molar-refractivity contribution in [3.63, 3.8) is 0 Å². The Labute approximate surface area is 105 Å². The van der Waals surface area contributed by atoms with Gasteiger partial charge in [-0.15, -0.1) is 0 Å². The highest BCUT2D eigenvalue weighted by atomic mass is 32.2. The molecule has 0 radical (unpaired) electrons. The standard InChI is InChI=1S/C13H27NOS/c1-4-7-15-8-5-6-14-12-9-13(2,3)11-16-10-12/h12,14H,4-11H2,1-3H3. The third-order valence-corrected chi connectivity index (χ3v) is 4.48. The van der Waals surface area contributed by atoms with Crippen LogP contribution in [-0.2, 0) is 4.74 Å². The van der Waals surface area contributed by atoms with E-state index in [1.165, 1.54) is 17.9 Å². The molecule has 3 heteroatoms. The Kier molecular flexibility index (Phi) is 6.78. The molecule has 1 rings (SSSR count). The van der Waals surface area contributed by atoms with E-state index in [1.807, 2.05) is 0 Å². The Morgan fingerprint density at radius 3 is 2.88 bits per heavy atom. The van der Waals surface area contributed by atoms with Crippen molar-refractivity contribution < 1.29 is 4.74 Å². The van der Waals surface area contributed by atoms with E-state index in [-0.39, 0.29) is 0 Å². The maximum Gasteiger partial charge on any atom is 0.0478 e. The van der Waals surface area contributed by atoms with Gasteiger partial charge in [-0.05, 0) is 37.0 Å². The van der Waals surface area contributed by atoms with Crippen LogP contribution in [0.5, 0.6) is 0 Å². The Hall–Kier alpha value is 0.270. The summed E-state index contributed by atoms with van der Waals surface area (Å²) in [4.78, 5) is 0. The van der Waals surface area contributed by atoms with E-state index in [0.717, 1.165) is 32.6 Å². The van der Waals surface area contributed by atoms with E-state index in [1.54, 1.807) is 0 Å². The van der Waals surface area contributed by atoms with Crippen LogP contribution in [0.1, 0.15) is 40.0 Å². The van der Waals surface area contributed by atoms with E-state index >= 15 is 0 Å². The Balaban J connectivity index is 2.00. The minimum Gasteiger partial charge on any atom is -0.381 e. The zero-order chi connectivity index (χ0) is 11.9. The molecule has 0 aromatic carbocycles. The molecule has 0 aromatic rings. The first kappa shape index (κ1) is 14.3. The monoisotopic (exact) mass is 245 g/mol. The first-order valence-corrected chi connectivity index (χ1v) is 7.68. The fraction of sp³-hybridized carbons (Fsp3) is 1.00. The van der Waals surface area contributed by atoms with Crippen molar-refractivity contribution in [1.82, 2.24) is 5.32 Å². The van der Waals surface area contributed by atoms with Gasteiger partial charge in [-0.3, -0.25) is 0 Å². The summed E-state index contributed by atoms with van der Waals surface area (Å²) in [5, 5.41) is 3.65. The number of thioether (sulfide) groups is 1. The molecule has 0 spiro atoms. The zero-order valence-corrected chi connectivity index (χ0v) is 11.9. The van der Waals surface area contributed by atoms with E-state index < -0.39 is 0 Å². The molecular weight excluding hydrogens is 218 g/mol. The molecule has 16 heavy (non-hydrogen) atoms. The van der Waals surface area contributed by atoms with Crippen molar-refractivity contribution in [2.75, 3.05) is 31.3 Å². The zero-order valence-electron chi connectivity index (χ0n) is 11.1. The lowest BCUT2D eigenvalue weighted by atomic mass is 9.88. The van der Waals surface area contributed by atoms with Gasteiger partial charge in [0.25, 0.3) is 0 Å². The van der Waals surface area contributed by atoms with Gasteiger partial charge >= 0.3 is 0 Å². The molecule has 0 aliphatic carbocycles. The second kappa shape index (κ2) is 7.57. The SMILES string of the molecule is CCCOCCCNC1CSCC(C)(C)C1. The normalized spacial score (nSPS) is 24.6. The lowest BCUT2D eigenvalue weighted by Crippen LogP contribution is -2.40. The molecule has 0 saturated carbocycles. The van der Waals surface area contributed by atoms with Gasteiger partial charge in [0, 0.05) is 25.0 Å². The Morgan fingerprint density at radius 2 is 2.19 bits per heavy atom. The summed E-state index contributed by atoms with van der Waals surface area (Å²) in [6, 6.07) is 0.708. The van der Waals surface area contributed by atoms with Crippen LogP contribution >= 0.6 is 11.8 Å². The van der Waals surface area contributed by atoms with Crippen LogP contribution in [0.4, 0.5) is 0 Å². The molecule has 1 unspecified atom stereocenters. The maximum absolute atomic E-state index is 5.47. The van der Waals surface area contributed by atoms with E-state index in [2.05, 4.69) is 37.8 Å². The summed E-state index contributed by atoms with van der Waals surface area (Å²) in [6.07, 6.45) is 3.58. The van der Waals surface area contributed by atoms with Crippen LogP contribution in [0.2, 0.25) is 0 Å². The summed E-state index contributed by atoms with van der Waals surface area (Å²) in [6.45, 7) is 9.82. The van der Waals surface area contributed by atoms with Gasteiger partial charge < -0.3 is 10.1 Å². The molecule has 1 fully saturated rings. The van der Waals surface area contributed by atoms with Crippen LogP contribution < -0.4 is 5.32 Å². The smallest absolute Gasteiger partial charge is 0.0478 e. The fourth-order valence-corrected chi connectivity index (χ4v) is 3.43. The summed E-state index contributed by atoms with van der Waals surface area (Å²) in [7, 11) is 0. The van der Waals surface area contributed by atoms with Gasteiger partial charge in [0.15, 0.2) is 0 Å². The quantitative estimate of drug-likeness (QED) is 0.697. The van der Waals surface area contributed by atoms with Gasteiger partial charge in [-0.25, -0.2) is 0 Å². The van der Waals surface area contributed by atoms with Crippen LogP contribution in [0, 0.1) is 5.41 Å². The first-order valence-electron chi connectivity index (χ1n) is 6.53. The van der Waals surface area contributed by atoms with Gasteiger partial charge in [-0.1, -0.05) is 20.8 Å². The molecule has 0 aromatic heterocycles. The molecule has 1 atom stereocenters. The topological polar surface area (TPSA) is 21.3 Å². The van der Waals surface area contributed by atoms with Crippen molar-refractivity contribution >= 4 is 11.8 Å². The summed E-state index contributed by atoms with van der Waals surface area (Å²) < 4.78 is 5.47. The number of rotatable bonds is 7. The average Bonchev–Trinajstić information content (AvgIpc) is 2.22. The number of hydrogen-bond donors (Lipinski definition) is 1. The minimum absolute atomic E-state index is 0.513. The molecular formula is C13H27NOS. The summed E-state index contributed by atoms with van der Waals surface area (Å²) >= 11 is 2.09. The van der Waals surface area contributed by atoms with E-state index in [4.69, 9.17) is 4.74 Å². The van der Waals surface area contributed by atoms with Gasteiger partial charge in [0.05, 0.1) is 0 Å². The van der Waals surface area contributed by atoms with Crippen LogP contribution in [0.15, 0.2) is 0 Å².